The van der Waals surface area contributed by atoms with Crippen LogP contribution in [-0.4, -0.2) is 0 Å². The average molecular weight is 945 g/mol. The molecule has 12 aromatic rings. The van der Waals surface area contributed by atoms with E-state index in [0.29, 0.717) is 0 Å². The molecular formula is C72H52N2. The van der Waals surface area contributed by atoms with Gasteiger partial charge < -0.3 is 10.2 Å². The number of anilines is 5. The maximum Gasteiger partial charge on any atom is 0.0464 e. The highest BCUT2D eigenvalue weighted by Gasteiger charge is 2.18. The molecule has 0 heterocycles. The zero-order valence-electron chi connectivity index (χ0n) is 40.9. The Balaban J connectivity index is 0.969. The summed E-state index contributed by atoms with van der Waals surface area (Å²) in [5.41, 5.74) is 19.3. The molecule has 12 aromatic carbocycles. The van der Waals surface area contributed by atoms with E-state index in [1.807, 2.05) is 0 Å². The first kappa shape index (κ1) is 45.4. The zero-order chi connectivity index (χ0) is 49.5. The first-order valence-electron chi connectivity index (χ1n) is 25.3. The second-order valence-electron chi connectivity index (χ2n) is 18.5. The number of hydrogen-bond acceptors (Lipinski definition) is 2. The second-order valence-corrected chi connectivity index (χ2v) is 18.5. The summed E-state index contributed by atoms with van der Waals surface area (Å²) in [4.78, 5) is 2.29. The van der Waals surface area contributed by atoms with Crippen LogP contribution < -0.4 is 10.2 Å². The summed E-state index contributed by atoms with van der Waals surface area (Å²) in [7, 11) is 0. The minimum atomic E-state index is 1.00. The van der Waals surface area contributed by atoms with Crippen LogP contribution in [0, 0.1) is 0 Å². The van der Waals surface area contributed by atoms with Crippen LogP contribution in [0.4, 0.5) is 28.4 Å². The van der Waals surface area contributed by atoms with E-state index >= 15 is 0 Å². The Morgan fingerprint density at radius 3 is 1.15 bits per heavy atom. The minimum absolute atomic E-state index is 1.00. The zero-order valence-corrected chi connectivity index (χ0v) is 40.9. The van der Waals surface area contributed by atoms with Gasteiger partial charge in [-0.3, -0.25) is 0 Å². The number of hydrogen-bond donors (Lipinski definition) is 1. The molecule has 0 saturated carbocycles. The molecule has 0 aliphatic rings. The van der Waals surface area contributed by atoms with Crippen LogP contribution in [0.1, 0.15) is 33.4 Å². The molecule has 0 spiro atoms. The van der Waals surface area contributed by atoms with Crippen LogP contribution in [0.3, 0.4) is 0 Å². The van der Waals surface area contributed by atoms with Gasteiger partial charge in [0.05, 0.1) is 0 Å². The fourth-order valence-electron chi connectivity index (χ4n) is 10.3. The maximum absolute atomic E-state index is 3.86. The summed E-state index contributed by atoms with van der Waals surface area (Å²) in [6, 6.07) is 106. The molecule has 2 nitrogen and oxygen atoms in total. The highest BCUT2D eigenvalue weighted by molar-refractivity contribution is 6.19. The van der Waals surface area contributed by atoms with Crippen LogP contribution >= 0.6 is 0 Å². The first-order valence-corrected chi connectivity index (χ1v) is 25.3. The van der Waals surface area contributed by atoms with Crippen molar-refractivity contribution in [3.8, 4) is 22.3 Å². The lowest BCUT2D eigenvalue weighted by Crippen LogP contribution is -2.09. The predicted octanol–water partition coefficient (Wildman–Crippen LogP) is 19.7. The van der Waals surface area contributed by atoms with Gasteiger partial charge in [0.1, 0.15) is 0 Å². The van der Waals surface area contributed by atoms with E-state index in [2.05, 4.69) is 320 Å². The van der Waals surface area contributed by atoms with Gasteiger partial charge in [0.25, 0.3) is 0 Å². The van der Waals surface area contributed by atoms with E-state index in [1.165, 1.54) is 71.6 Å². The monoisotopic (exact) mass is 944 g/mol. The molecule has 0 aliphatic carbocycles. The van der Waals surface area contributed by atoms with Crippen molar-refractivity contribution in [1.29, 1.82) is 0 Å². The maximum atomic E-state index is 3.86. The molecule has 0 fully saturated rings. The molecule has 0 atom stereocenters. The fourth-order valence-corrected chi connectivity index (χ4v) is 10.3. The van der Waals surface area contributed by atoms with Crippen LogP contribution in [0.25, 0.3) is 67.1 Å². The van der Waals surface area contributed by atoms with Crippen molar-refractivity contribution in [2.45, 2.75) is 0 Å². The van der Waals surface area contributed by atoms with E-state index in [9.17, 15) is 0 Å². The summed E-state index contributed by atoms with van der Waals surface area (Å²) < 4.78 is 0. The van der Waals surface area contributed by atoms with Crippen molar-refractivity contribution in [1.82, 2.24) is 0 Å². The van der Waals surface area contributed by atoms with Crippen LogP contribution in [-0.2, 0) is 0 Å². The molecular weight excluding hydrogens is 893 g/mol. The van der Waals surface area contributed by atoms with Gasteiger partial charge in [0, 0.05) is 34.0 Å². The smallest absolute Gasteiger partial charge is 0.0464 e. The summed E-state index contributed by atoms with van der Waals surface area (Å²) >= 11 is 0. The topological polar surface area (TPSA) is 15.3 Å². The van der Waals surface area contributed by atoms with Gasteiger partial charge in [-0.2, -0.15) is 0 Å². The van der Waals surface area contributed by atoms with Crippen molar-refractivity contribution in [2.75, 3.05) is 10.2 Å². The van der Waals surface area contributed by atoms with Gasteiger partial charge in [-0.15, -0.1) is 0 Å². The van der Waals surface area contributed by atoms with Gasteiger partial charge in [0.2, 0.25) is 0 Å². The summed E-state index contributed by atoms with van der Waals surface area (Å²) in [5, 5.41) is 8.73. The lowest BCUT2D eigenvalue weighted by molar-refractivity contribution is 1.28. The molecule has 0 unspecified atom stereocenters. The molecule has 0 saturated heterocycles. The summed E-state index contributed by atoms with van der Waals surface area (Å²) in [6.07, 6.45) is 4.72. The lowest BCUT2D eigenvalue weighted by atomic mass is 9.86. The number of fused-ring (bicyclic) bond motifs is 2. The molecule has 0 radical (unpaired) electrons. The van der Waals surface area contributed by atoms with E-state index in [1.54, 1.807) is 0 Å². The number of nitrogens with zero attached hydrogens (tertiary/aromatic N) is 1. The Bertz CT molecular complexity index is 3730. The minimum Gasteiger partial charge on any atom is -0.355 e. The fraction of sp³-hybridized carbons (Fsp3) is 0. The molecule has 0 amide bonds. The highest BCUT2D eigenvalue weighted by Crippen LogP contribution is 2.43. The Morgan fingerprint density at radius 1 is 0.311 bits per heavy atom. The van der Waals surface area contributed by atoms with Crippen molar-refractivity contribution < 1.29 is 0 Å². The number of benzene rings is 12. The van der Waals surface area contributed by atoms with Crippen LogP contribution in [0.15, 0.2) is 297 Å². The standard InChI is InChI=1S/C72H52N2/c1-7-23-53(24-8-1)67(54-25-9-2-10-26-54)49-52-39-48-71(73-59-44-46-62(47-45-59)74(60-31-15-5-16-32-60)61-33-17-6-18-34-61)69(50-52)57-40-42-58(43-41-57)72-65-37-21-19-35-63(65)70(64-36-20-22-38-66(64)72)51-68(55-27-11-3-12-28-55)56-29-13-4-14-30-56/h1-51,73H. The molecule has 350 valence electrons. The highest BCUT2D eigenvalue weighted by atomic mass is 15.1. The molecule has 1 N–H and O–H groups in total. The largest absolute Gasteiger partial charge is 0.355 e. The third-order valence-corrected chi connectivity index (χ3v) is 13.9. The first-order chi connectivity index (χ1) is 36.7. The van der Waals surface area contributed by atoms with Crippen molar-refractivity contribution in [3.63, 3.8) is 0 Å². The third-order valence-electron chi connectivity index (χ3n) is 13.9. The Morgan fingerprint density at radius 2 is 0.689 bits per heavy atom. The average Bonchev–Trinajstić information content (AvgIpc) is 3.48. The number of rotatable bonds is 13. The van der Waals surface area contributed by atoms with Crippen molar-refractivity contribution in [3.05, 3.63) is 331 Å². The molecule has 12 rings (SSSR count). The van der Waals surface area contributed by atoms with Crippen LogP contribution in [0.2, 0.25) is 0 Å². The van der Waals surface area contributed by atoms with Crippen molar-refractivity contribution in [2.24, 2.45) is 0 Å². The van der Waals surface area contributed by atoms with Gasteiger partial charge in [0.15, 0.2) is 0 Å². The van der Waals surface area contributed by atoms with E-state index < -0.39 is 0 Å². The number of para-hydroxylation sites is 2. The predicted molar refractivity (Wildman–Crippen MR) is 316 cm³/mol. The quantitative estimate of drug-likeness (QED) is 0.0915. The second kappa shape index (κ2) is 20.9. The van der Waals surface area contributed by atoms with Gasteiger partial charge in [-0.05, 0) is 156 Å². The Kier molecular flexibility index (Phi) is 12.8. The molecule has 0 aliphatic heterocycles. The SMILES string of the molecule is C(=C(c1ccccc1)c1ccccc1)c1ccc(Nc2ccc(N(c3ccccc3)c3ccccc3)cc2)c(-c2ccc(-c3c4ccccc4c(C=C(c4ccccc4)c4ccccc4)c4ccccc34)cc2)c1. The van der Waals surface area contributed by atoms with E-state index in [-0.39, 0.29) is 0 Å². The Labute approximate surface area is 434 Å². The molecule has 2 heteroatoms. The Hall–Kier alpha value is -9.76. The summed E-state index contributed by atoms with van der Waals surface area (Å²) in [5.74, 6) is 0. The van der Waals surface area contributed by atoms with E-state index in [4.69, 9.17) is 0 Å². The normalized spacial score (nSPS) is 11.0. The van der Waals surface area contributed by atoms with Crippen LogP contribution in [0.5, 0.6) is 0 Å². The summed E-state index contributed by atoms with van der Waals surface area (Å²) in [6.45, 7) is 0. The van der Waals surface area contributed by atoms with Gasteiger partial charge in [-0.1, -0.05) is 237 Å². The third kappa shape index (κ3) is 9.44. The lowest BCUT2D eigenvalue weighted by Gasteiger charge is -2.25. The molecule has 74 heavy (non-hydrogen) atoms. The number of nitrogens with one attached hydrogen (secondary N) is 1. The van der Waals surface area contributed by atoms with Gasteiger partial charge in [-0.25, -0.2) is 0 Å². The van der Waals surface area contributed by atoms with Gasteiger partial charge >= 0.3 is 0 Å². The molecule has 0 aromatic heterocycles. The van der Waals surface area contributed by atoms with E-state index in [0.717, 1.165) is 45.1 Å². The van der Waals surface area contributed by atoms with Crippen molar-refractivity contribution >= 4 is 73.3 Å². The molecule has 0 bridgehead atoms.